The van der Waals surface area contributed by atoms with E-state index in [0.29, 0.717) is 0 Å². The number of carbonyl (C=O) groups excluding carboxylic acids is 1. The highest BCUT2D eigenvalue weighted by Crippen LogP contribution is 2.32. The van der Waals surface area contributed by atoms with Crippen LogP contribution in [0.1, 0.15) is 59.8 Å². The Hall–Kier alpha value is -2.89. The molecule has 1 amide bonds. The lowest BCUT2D eigenvalue weighted by Crippen LogP contribution is -2.27. The van der Waals surface area contributed by atoms with E-state index in [-0.39, 0.29) is 29.1 Å². The Morgan fingerprint density at radius 2 is 1.85 bits per heavy atom. The van der Waals surface area contributed by atoms with Crippen molar-refractivity contribution >= 4 is 11.6 Å². The molecule has 6 heteroatoms. The molecule has 138 valence electrons. The Kier molecular flexibility index (Phi) is 5.97. The molecule has 2 aromatic carbocycles. The van der Waals surface area contributed by atoms with Crippen molar-refractivity contribution in [1.29, 1.82) is 0 Å². The van der Waals surface area contributed by atoms with Gasteiger partial charge in [0.15, 0.2) is 0 Å². The smallest absolute Gasteiger partial charge is 0.270 e. The third-order valence-electron chi connectivity index (χ3n) is 4.37. The molecular weight excluding hydrogens is 332 g/mol. The molecule has 26 heavy (non-hydrogen) atoms. The number of hydrogen-bond donors (Lipinski definition) is 1. The standard InChI is InChI=1S/C20H24N2O4/c1-12(2)17-11-18(13(3)9-19(17)26-5)14(4)21-20(23)15-7-6-8-16(10-15)22(24)25/h6-12,14H,1-5H3,(H,21,23)/t14-/m0/s1. The van der Waals surface area contributed by atoms with Gasteiger partial charge in [-0.1, -0.05) is 19.9 Å². The largest absolute Gasteiger partial charge is 0.496 e. The first-order valence-corrected chi connectivity index (χ1v) is 8.48. The Bertz CT molecular complexity index is 831. The number of non-ortho nitro benzene ring substituents is 1. The van der Waals surface area contributed by atoms with Gasteiger partial charge < -0.3 is 10.1 Å². The predicted octanol–water partition coefficient (Wildman–Crippen LogP) is 4.53. The third-order valence-corrected chi connectivity index (χ3v) is 4.37. The Labute approximate surface area is 153 Å². The second-order valence-electron chi connectivity index (χ2n) is 6.61. The van der Waals surface area contributed by atoms with Gasteiger partial charge in [0.25, 0.3) is 11.6 Å². The van der Waals surface area contributed by atoms with Gasteiger partial charge in [-0.3, -0.25) is 14.9 Å². The van der Waals surface area contributed by atoms with Crippen molar-refractivity contribution in [2.75, 3.05) is 7.11 Å². The van der Waals surface area contributed by atoms with Crippen molar-refractivity contribution in [1.82, 2.24) is 5.32 Å². The van der Waals surface area contributed by atoms with Gasteiger partial charge in [0.1, 0.15) is 5.75 Å². The van der Waals surface area contributed by atoms with E-state index >= 15 is 0 Å². The first-order valence-electron chi connectivity index (χ1n) is 8.48. The van der Waals surface area contributed by atoms with Crippen molar-refractivity contribution in [3.8, 4) is 5.75 Å². The average molecular weight is 356 g/mol. The van der Waals surface area contributed by atoms with E-state index in [0.717, 1.165) is 22.4 Å². The number of nitrogens with one attached hydrogen (secondary N) is 1. The molecule has 0 aliphatic rings. The SMILES string of the molecule is COc1cc(C)c([C@H](C)NC(=O)c2cccc([N+](=O)[O-])c2)cc1C(C)C. The number of nitro groups is 1. The van der Waals surface area contributed by atoms with Gasteiger partial charge in [-0.05, 0) is 54.7 Å². The molecule has 2 aromatic rings. The summed E-state index contributed by atoms with van der Waals surface area (Å²) in [6.07, 6.45) is 0. The zero-order chi connectivity index (χ0) is 19.4. The molecule has 0 aliphatic heterocycles. The van der Waals surface area contributed by atoms with Crippen LogP contribution in [0.5, 0.6) is 5.75 Å². The molecule has 0 aromatic heterocycles. The quantitative estimate of drug-likeness (QED) is 0.609. The highest BCUT2D eigenvalue weighted by atomic mass is 16.6. The Morgan fingerprint density at radius 3 is 2.42 bits per heavy atom. The molecular formula is C20H24N2O4. The van der Waals surface area contributed by atoms with Gasteiger partial charge in [-0.2, -0.15) is 0 Å². The van der Waals surface area contributed by atoms with Gasteiger partial charge in [-0.25, -0.2) is 0 Å². The van der Waals surface area contributed by atoms with Crippen LogP contribution >= 0.6 is 0 Å². The molecule has 0 saturated carbocycles. The Morgan fingerprint density at radius 1 is 1.15 bits per heavy atom. The lowest BCUT2D eigenvalue weighted by molar-refractivity contribution is -0.384. The van der Waals surface area contributed by atoms with E-state index in [4.69, 9.17) is 4.74 Å². The normalized spacial score (nSPS) is 11.9. The summed E-state index contributed by atoms with van der Waals surface area (Å²) in [6, 6.07) is 9.50. The minimum absolute atomic E-state index is 0.104. The van der Waals surface area contributed by atoms with Gasteiger partial charge in [-0.15, -0.1) is 0 Å². The van der Waals surface area contributed by atoms with Crippen LogP contribution in [0.4, 0.5) is 5.69 Å². The van der Waals surface area contributed by atoms with E-state index in [1.807, 2.05) is 19.9 Å². The summed E-state index contributed by atoms with van der Waals surface area (Å²) in [5.41, 5.74) is 3.24. The number of aryl methyl sites for hydroxylation is 1. The number of nitro benzene ring substituents is 1. The minimum Gasteiger partial charge on any atom is -0.496 e. The van der Waals surface area contributed by atoms with Crippen molar-refractivity contribution in [3.05, 3.63) is 68.8 Å². The second kappa shape index (κ2) is 7.99. The monoisotopic (exact) mass is 356 g/mol. The second-order valence-corrected chi connectivity index (χ2v) is 6.61. The summed E-state index contributed by atoms with van der Waals surface area (Å²) >= 11 is 0. The molecule has 0 fully saturated rings. The Balaban J connectivity index is 2.28. The average Bonchev–Trinajstić information content (AvgIpc) is 2.60. The molecule has 2 rings (SSSR count). The van der Waals surface area contributed by atoms with Crippen LogP contribution in [0.15, 0.2) is 36.4 Å². The summed E-state index contributed by atoms with van der Waals surface area (Å²) in [5.74, 6) is 0.768. The lowest BCUT2D eigenvalue weighted by Gasteiger charge is -2.21. The van der Waals surface area contributed by atoms with Crippen LogP contribution in [-0.2, 0) is 0 Å². The van der Waals surface area contributed by atoms with E-state index in [1.165, 1.54) is 18.2 Å². The van der Waals surface area contributed by atoms with Crippen LogP contribution in [0.2, 0.25) is 0 Å². The van der Waals surface area contributed by atoms with E-state index in [9.17, 15) is 14.9 Å². The summed E-state index contributed by atoms with van der Waals surface area (Å²) < 4.78 is 5.46. The van der Waals surface area contributed by atoms with Crippen molar-refractivity contribution in [2.24, 2.45) is 0 Å². The third kappa shape index (κ3) is 4.20. The lowest BCUT2D eigenvalue weighted by atomic mass is 9.93. The van der Waals surface area contributed by atoms with Gasteiger partial charge in [0, 0.05) is 17.7 Å². The van der Waals surface area contributed by atoms with Crippen LogP contribution < -0.4 is 10.1 Å². The number of amides is 1. The molecule has 1 atom stereocenters. The van der Waals surface area contributed by atoms with Crippen LogP contribution in [0, 0.1) is 17.0 Å². The number of ether oxygens (including phenoxy) is 1. The first kappa shape index (κ1) is 19.4. The molecule has 0 heterocycles. The predicted molar refractivity (Wildman–Crippen MR) is 101 cm³/mol. The highest BCUT2D eigenvalue weighted by molar-refractivity contribution is 5.95. The number of rotatable bonds is 6. The summed E-state index contributed by atoms with van der Waals surface area (Å²) in [5, 5.41) is 13.8. The molecule has 0 unspecified atom stereocenters. The van der Waals surface area contributed by atoms with E-state index < -0.39 is 4.92 Å². The summed E-state index contributed by atoms with van der Waals surface area (Å²) in [6.45, 7) is 8.04. The van der Waals surface area contributed by atoms with Gasteiger partial charge in [0.2, 0.25) is 0 Å². The van der Waals surface area contributed by atoms with E-state index in [1.54, 1.807) is 13.2 Å². The minimum atomic E-state index is -0.511. The number of hydrogen-bond acceptors (Lipinski definition) is 4. The van der Waals surface area contributed by atoms with Gasteiger partial charge in [0.05, 0.1) is 18.1 Å². The fourth-order valence-corrected chi connectivity index (χ4v) is 2.93. The van der Waals surface area contributed by atoms with Crippen molar-refractivity contribution in [3.63, 3.8) is 0 Å². The molecule has 0 radical (unpaired) electrons. The maximum atomic E-state index is 12.5. The molecule has 0 saturated heterocycles. The molecule has 0 spiro atoms. The molecule has 1 N–H and O–H groups in total. The number of benzene rings is 2. The zero-order valence-electron chi connectivity index (χ0n) is 15.7. The maximum absolute atomic E-state index is 12.5. The molecule has 6 nitrogen and oxygen atoms in total. The highest BCUT2D eigenvalue weighted by Gasteiger charge is 2.18. The zero-order valence-corrected chi connectivity index (χ0v) is 15.7. The van der Waals surface area contributed by atoms with Crippen molar-refractivity contribution in [2.45, 2.75) is 39.7 Å². The van der Waals surface area contributed by atoms with Crippen molar-refractivity contribution < 1.29 is 14.5 Å². The first-order chi connectivity index (χ1) is 12.2. The van der Waals surface area contributed by atoms with Crippen LogP contribution in [0.25, 0.3) is 0 Å². The fraction of sp³-hybridized carbons (Fsp3) is 0.350. The number of nitrogens with zero attached hydrogens (tertiary/aromatic N) is 1. The fourth-order valence-electron chi connectivity index (χ4n) is 2.93. The molecule has 0 aliphatic carbocycles. The topological polar surface area (TPSA) is 81.5 Å². The molecule has 0 bridgehead atoms. The van der Waals surface area contributed by atoms with Gasteiger partial charge >= 0.3 is 0 Å². The van der Waals surface area contributed by atoms with Crippen LogP contribution in [-0.4, -0.2) is 17.9 Å². The summed E-state index contributed by atoms with van der Waals surface area (Å²) in [4.78, 5) is 22.9. The number of methoxy groups -OCH3 is 1. The number of carbonyl (C=O) groups is 1. The summed E-state index contributed by atoms with van der Waals surface area (Å²) in [7, 11) is 1.65. The van der Waals surface area contributed by atoms with E-state index in [2.05, 4.69) is 25.2 Å². The van der Waals surface area contributed by atoms with Crippen LogP contribution in [0.3, 0.4) is 0 Å². The maximum Gasteiger partial charge on any atom is 0.270 e.